The summed E-state index contributed by atoms with van der Waals surface area (Å²) in [6.07, 6.45) is 2.52. The van der Waals surface area contributed by atoms with Gasteiger partial charge in [0, 0.05) is 13.5 Å². The molecule has 3 aliphatic rings. The lowest BCUT2D eigenvalue weighted by molar-refractivity contribution is -0.329. The molecule has 0 aromatic rings. The lowest BCUT2D eigenvalue weighted by atomic mass is 9.75. The molecule has 0 unspecified atom stereocenters. The zero-order valence-electron chi connectivity index (χ0n) is 10.6. The molecule has 0 aromatic carbocycles. The first-order valence-electron chi connectivity index (χ1n) is 6.13. The van der Waals surface area contributed by atoms with Gasteiger partial charge in [-0.3, -0.25) is 0 Å². The van der Waals surface area contributed by atoms with Gasteiger partial charge in [-0.1, -0.05) is 6.08 Å². The minimum atomic E-state index is -0.993. The number of methoxy groups -OCH3 is 1. The number of ether oxygens (including phenoxy) is 3. The Morgan fingerprint density at radius 1 is 1.53 bits per heavy atom. The maximum atomic E-state index is 10.9. The smallest absolute Gasteiger partial charge is 0.126 e. The highest BCUT2D eigenvalue weighted by molar-refractivity contribution is 5.29. The SMILES string of the molecule is C=CC[C@]1(O)[C@@H]2O[C@@H]3[C@@H](OC)C[C@@]1(C)O[C@@]32C. The molecule has 17 heavy (non-hydrogen) atoms. The van der Waals surface area contributed by atoms with Crippen LogP contribution in [0.4, 0.5) is 0 Å². The molecule has 1 N–H and O–H groups in total. The highest BCUT2D eigenvalue weighted by atomic mass is 16.7. The van der Waals surface area contributed by atoms with Gasteiger partial charge in [0.15, 0.2) is 0 Å². The van der Waals surface area contributed by atoms with Crippen molar-refractivity contribution in [2.45, 2.75) is 61.8 Å². The fraction of sp³-hybridized carbons (Fsp3) is 0.846. The van der Waals surface area contributed by atoms with Crippen molar-refractivity contribution in [3.8, 4) is 0 Å². The van der Waals surface area contributed by atoms with Crippen LogP contribution in [0.3, 0.4) is 0 Å². The van der Waals surface area contributed by atoms with Crippen LogP contribution in [0.2, 0.25) is 0 Å². The van der Waals surface area contributed by atoms with E-state index in [0.29, 0.717) is 12.8 Å². The number of fused-ring (bicyclic) bond motifs is 1. The van der Waals surface area contributed by atoms with Crippen LogP contribution >= 0.6 is 0 Å². The summed E-state index contributed by atoms with van der Waals surface area (Å²) in [7, 11) is 1.69. The Labute approximate surface area is 102 Å². The number of rotatable bonds is 3. The van der Waals surface area contributed by atoms with Crippen LogP contribution in [0.15, 0.2) is 12.7 Å². The summed E-state index contributed by atoms with van der Waals surface area (Å²) in [6.45, 7) is 7.69. The Balaban J connectivity index is 2.04. The van der Waals surface area contributed by atoms with E-state index < -0.39 is 16.8 Å². The van der Waals surface area contributed by atoms with Crippen LogP contribution in [0.5, 0.6) is 0 Å². The highest BCUT2D eigenvalue weighted by Gasteiger charge is 2.80. The van der Waals surface area contributed by atoms with E-state index in [4.69, 9.17) is 14.2 Å². The van der Waals surface area contributed by atoms with Gasteiger partial charge in [-0.05, 0) is 20.3 Å². The van der Waals surface area contributed by atoms with Crippen molar-refractivity contribution in [1.29, 1.82) is 0 Å². The fourth-order valence-corrected chi connectivity index (χ4v) is 3.96. The molecule has 0 spiro atoms. The molecule has 3 saturated heterocycles. The van der Waals surface area contributed by atoms with Gasteiger partial charge in [-0.15, -0.1) is 6.58 Å². The summed E-state index contributed by atoms with van der Waals surface area (Å²) in [4.78, 5) is 0. The molecular weight excluding hydrogens is 220 g/mol. The molecule has 0 amide bonds. The molecule has 0 aliphatic carbocycles. The van der Waals surface area contributed by atoms with Gasteiger partial charge in [0.25, 0.3) is 0 Å². The normalized spacial score (nSPS) is 59.9. The number of aliphatic hydroxyl groups is 1. The van der Waals surface area contributed by atoms with Crippen molar-refractivity contribution in [3.63, 3.8) is 0 Å². The maximum Gasteiger partial charge on any atom is 0.126 e. The molecule has 2 bridgehead atoms. The van der Waals surface area contributed by atoms with E-state index in [1.807, 2.05) is 13.8 Å². The van der Waals surface area contributed by atoms with Crippen LogP contribution in [-0.2, 0) is 14.2 Å². The van der Waals surface area contributed by atoms with Crippen molar-refractivity contribution in [3.05, 3.63) is 12.7 Å². The van der Waals surface area contributed by atoms with Crippen LogP contribution in [-0.4, -0.2) is 47.3 Å². The van der Waals surface area contributed by atoms with E-state index in [9.17, 15) is 5.11 Å². The van der Waals surface area contributed by atoms with Crippen molar-refractivity contribution in [2.24, 2.45) is 0 Å². The predicted octanol–water partition coefficient (Wildman–Crippen LogP) is 1.03. The minimum absolute atomic E-state index is 0.00570. The van der Waals surface area contributed by atoms with E-state index in [1.54, 1.807) is 13.2 Å². The lowest BCUT2D eigenvalue weighted by Gasteiger charge is -2.53. The van der Waals surface area contributed by atoms with Gasteiger partial charge in [-0.2, -0.15) is 0 Å². The summed E-state index contributed by atoms with van der Waals surface area (Å²) in [5, 5.41) is 10.9. The quantitative estimate of drug-likeness (QED) is 0.748. The molecular formula is C13H20O4. The fourth-order valence-electron chi connectivity index (χ4n) is 3.96. The third-order valence-corrected chi connectivity index (χ3v) is 4.85. The summed E-state index contributed by atoms with van der Waals surface area (Å²) >= 11 is 0. The largest absolute Gasteiger partial charge is 0.384 e. The second-order valence-corrected chi connectivity index (χ2v) is 5.85. The highest BCUT2D eigenvalue weighted by Crippen LogP contribution is 2.63. The molecule has 3 fully saturated rings. The van der Waals surface area contributed by atoms with Crippen LogP contribution in [0.1, 0.15) is 26.7 Å². The molecule has 0 radical (unpaired) electrons. The van der Waals surface area contributed by atoms with Gasteiger partial charge in [0.05, 0.1) is 6.10 Å². The molecule has 3 aliphatic heterocycles. The van der Waals surface area contributed by atoms with E-state index in [-0.39, 0.29) is 18.3 Å². The Morgan fingerprint density at radius 3 is 2.82 bits per heavy atom. The minimum Gasteiger partial charge on any atom is -0.384 e. The Morgan fingerprint density at radius 2 is 2.24 bits per heavy atom. The summed E-state index contributed by atoms with van der Waals surface area (Å²) in [5.74, 6) is 0. The van der Waals surface area contributed by atoms with Gasteiger partial charge in [0.1, 0.15) is 29.0 Å². The molecule has 3 heterocycles. The molecule has 4 heteroatoms. The third-order valence-electron chi connectivity index (χ3n) is 4.85. The first-order chi connectivity index (χ1) is 7.91. The Kier molecular flexibility index (Phi) is 2.14. The first-order valence-corrected chi connectivity index (χ1v) is 6.13. The topological polar surface area (TPSA) is 47.9 Å². The Bertz CT molecular complexity index is 370. The molecule has 96 valence electrons. The second-order valence-electron chi connectivity index (χ2n) is 5.85. The summed E-state index contributed by atoms with van der Waals surface area (Å²) in [6, 6.07) is 0. The second kappa shape index (κ2) is 3.12. The molecule has 0 aromatic heterocycles. The lowest BCUT2D eigenvalue weighted by Crippen LogP contribution is -2.70. The van der Waals surface area contributed by atoms with Crippen molar-refractivity contribution < 1.29 is 19.3 Å². The van der Waals surface area contributed by atoms with E-state index in [1.165, 1.54) is 0 Å². The molecule has 6 atom stereocenters. The van der Waals surface area contributed by atoms with Gasteiger partial charge < -0.3 is 19.3 Å². The predicted molar refractivity (Wildman–Crippen MR) is 61.7 cm³/mol. The number of hydrogen-bond donors (Lipinski definition) is 1. The van der Waals surface area contributed by atoms with E-state index in [0.717, 1.165) is 0 Å². The van der Waals surface area contributed by atoms with Gasteiger partial charge in [0.2, 0.25) is 0 Å². The summed E-state index contributed by atoms with van der Waals surface area (Å²) in [5.41, 5.74) is -2.03. The zero-order valence-corrected chi connectivity index (χ0v) is 10.6. The van der Waals surface area contributed by atoms with E-state index >= 15 is 0 Å². The zero-order chi connectivity index (χ0) is 12.5. The monoisotopic (exact) mass is 240 g/mol. The average Bonchev–Trinajstić information content (AvgIpc) is 2.34. The van der Waals surface area contributed by atoms with Gasteiger partial charge >= 0.3 is 0 Å². The van der Waals surface area contributed by atoms with Crippen molar-refractivity contribution in [2.75, 3.05) is 7.11 Å². The maximum absolute atomic E-state index is 10.9. The van der Waals surface area contributed by atoms with Crippen LogP contribution in [0.25, 0.3) is 0 Å². The molecule has 4 nitrogen and oxygen atoms in total. The van der Waals surface area contributed by atoms with Gasteiger partial charge in [-0.25, -0.2) is 0 Å². The van der Waals surface area contributed by atoms with Crippen molar-refractivity contribution in [1.82, 2.24) is 0 Å². The Hall–Kier alpha value is -0.420. The van der Waals surface area contributed by atoms with Crippen LogP contribution < -0.4 is 0 Å². The van der Waals surface area contributed by atoms with Crippen molar-refractivity contribution >= 4 is 0 Å². The van der Waals surface area contributed by atoms with E-state index in [2.05, 4.69) is 6.58 Å². The summed E-state index contributed by atoms with van der Waals surface area (Å²) < 4.78 is 17.5. The van der Waals surface area contributed by atoms with Crippen LogP contribution in [0, 0.1) is 0 Å². The number of hydrogen-bond acceptors (Lipinski definition) is 4. The average molecular weight is 240 g/mol. The standard InChI is InChI=1S/C13H20O4/c1-5-6-13(14)10-12(3)9(16-10)8(15-4)7-11(13,2)17-12/h5,8-10,14H,1,6-7H2,2-4H3/t8-,9+,10+,11+,12-,13-/m0/s1. The third kappa shape index (κ3) is 1.08. The molecule has 3 rings (SSSR count). The first kappa shape index (κ1) is 11.7. The molecule has 0 saturated carbocycles.